The number of likely N-dealkylation sites (N-methyl/N-ethyl adjacent to an activating group) is 1. The molecule has 3 N–H and O–H groups in total. The molecule has 0 aliphatic heterocycles. The first-order valence-corrected chi connectivity index (χ1v) is 7.55. The maximum atomic E-state index is 11.8. The summed E-state index contributed by atoms with van der Waals surface area (Å²) in [5.41, 5.74) is 0.805. The van der Waals surface area contributed by atoms with Crippen LogP contribution in [-0.4, -0.2) is 60.4 Å². The summed E-state index contributed by atoms with van der Waals surface area (Å²) in [6.45, 7) is 5.10. The van der Waals surface area contributed by atoms with Crippen LogP contribution < -0.4 is 10.6 Å². The number of nitrogens with zero attached hydrogens (tertiary/aromatic N) is 2. The number of amides is 2. The Bertz CT molecular complexity index is 449. The molecular weight excluding hydrogens is 280 g/mol. The monoisotopic (exact) mass is 308 g/mol. The van der Waals surface area contributed by atoms with Gasteiger partial charge in [-0.1, -0.05) is 6.07 Å². The molecule has 1 unspecified atom stereocenters. The van der Waals surface area contributed by atoms with E-state index in [1.165, 1.54) is 0 Å². The predicted octanol–water partition coefficient (Wildman–Crippen LogP) is 0.872. The van der Waals surface area contributed by atoms with Crippen molar-refractivity contribution in [3.8, 4) is 0 Å². The Morgan fingerprint density at radius 3 is 2.64 bits per heavy atom. The number of rotatable bonds is 8. The molecule has 0 saturated carbocycles. The van der Waals surface area contributed by atoms with Crippen molar-refractivity contribution in [1.82, 2.24) is 20.5 Å². The fraction of sp³-hybridized carbons (Fsp3) is 0.625. The molecule has 1 atom stereocenters. The van der Waals surface area contributed by atoms with E-state index in [0.717, 1.165) is 5.69 Å². The van der Waals surface area contributed by atoms with Gasteiger partial charge in [0.15, 0.2) is 0 Å². The van der Waals surface area contributed by atoms with E-state index >= 15 is 0 Å². The first-order valence-electron chi connectivity index (χ1n) is 7.55. The minimum absolute atomic E-state index is 0.0139. The number of urea groups is 1. The second-order valence-corrected chi connectivity index (χ2v) is 6.34. The van der Waals surface area contributed by atoms with Crippen LogP contribution in [0.25, 0.3) is 0 Å². The van der Waals surface area contributed by atoms with Crippen molar-refractivity contribution in [2.45, 2.75) is 25.8 Å². The standard InChI is InChI=1S/C16H28N4O2/c1-16(2,20(3)4)12-19-15(22)18-10-13(11-21)9-14-7-5-6-8-17-14/h5-8,13,21H,9-12H2,1-4H3,(H2,18,19,22). The lowest BCUT2D eigenvalue weighted by molar-refractivity contribution is 0.184. The molecule has 2 amide bonds. The summed E-state index contributed by atoms with van der Waals surface area (Å²) in [6, 6.07) is 5.48. The summed E-state index contributed by atoms with van der Waals surface area (Å²) in [7, 11) is 3.96. The van der Waals surface area contributed by atoms with Gasteiger partial charge in [0.2, 0.25) is 0 Å². The number of pyridine rings is 1. The number of hydrogen-bond donors (Lipinski definition) is 3. The summed E-state index contributed by atoms with van der Waals surface area (Å²) in [5.74, 6) is -0.0393. The molecule has 0 spiro atoms. The average molecular weight is 308 g/mol. The van der Waals surface area contributed by atoms with E-state index < -0.39 is 0 Å². The highest BCUT2D eigenvalue weighted by atomic mass is 16.3. The van der Waals surface area contributed by atoms with Crippen LogP contribution in [0, 0.1) is 5.92 Å². The molecule has 1 aromatic heterocycles. The number of carbonyl (C=O) groups is 1. The maximum absolute atomic E-state index is 11.8. The molecule has 6 nitrogen and oxygen atoms in total. The van der Waals surface area contributed by atoms with E-state index in [1.807, 2.05) is 32.3 Å². The quantitative estimate of drug-likeness (QED) is 0.666. The van der Waals surface area contributed by atoms with Gasteiger partial charge in [-0.3, -0.25) is 4.98 Å². The second kappa shape index (κ2) is 8.70. The van der Waals surface area contributed by atoms with Gasteiger partial charge in [-0.05, 0) is 46.5 Å². The number of aliphatic hydroxyl groups is 1. The van der Waals surface area contributed by atoms with Crippen molar-refractivity contribution < 1.29 is 9.90 Å². The number of aliphatic hydroxyl groups excluding tert-OH is 1. The summed E-state index contributed by atoms with van der Waals surface area (Å²) in [4.78, 5) is 18.1. The number of hydrogen-bond acceptors (Lipinski definition) is 4. The van der Waals surface area contributed by atoms with Gasteiger partial charge in [0, 0.05) is 43.0 Å². The molecule has 124 valence electrons. The number of nitrogens with one attached hydrogen (secondary N) is 2. The van der Waals surface area contributed by atoms with E-state index in [0.29, 0.717) is 19.5 Å². The topological polar surface area (TPSA) is 77.5 Å². The molecule has 0 aliphatic carbocycles. The normalized spacial score (nSPS) is 13.0. The Labute approximate surface area is 132 Å². The molecule has 0 aliphatic rings. The van der Waals surface area contributed by atoms with Crippen LogP contribution in [-0.2, 0) is 6.42 Å². The zero-order chi connectivity index (χ0) is 16.6. The molecular formula is C16H28N4O2. The molecule has 0 fully saturated rings. The van der Waals surface area contributed by atoms with Gasteiger partial charge in [-0.15, -0.1) is 0 Å². The largest absolute Gasteiger partial charge is 0.396 e. The molecule has 0 bridgehead atoms. The van der Waals surface area contributed by atoms with Gasteiger partial charge >= 0.3 is 6.03 Å². The van der Waals surface area contributed by atoms with Gasteiger partial charge in [0.25, 0.3) is 0 Å². The summed E-state index contributed by atoms with van der Waals surface area (Å²) < 4.78 is 0. The van der Waals surface area contributed by atoms with E-state index in [-0.39, 0.29) is 24.1 Å². The van der Waals surface area contributed by atoms with E-state index in [9.17, 15) is 9.90 Å². The van der Waals surface area contributed by atoms with Crippen molar-refractivity contribution >= 4 is 6.03 Å². The van der Waals surface area contributed by atoms with Crippen molar-refractivity contribution in [1.29, 1.82) is 0 Å². The van der Waals surface area contributed by atoms with Gasteiger partial charge in [-0.2, -0.15) is 0 Å². The zero-order valence-corrected chi connectivity index (χ0v) is 14.0. The molecule has 0 aromatic carbocycles. The van der Waals surface area contributed by atoms with Crippen LogP contribution in [0.15, 0.2) is 24.4 Å². The highest BCUT2D eigenvalue weighted by Gasteiger charge is 2.21. The van der Waals surface area contributed by atoms with Crippen molar-refractivity contribution in [3.63, 3.8) is 0 Å². The van der Waals surface area contributed by atoms with Gasteiger partial charge < -0.3 is 20.6 Å². The van der Waals surface area contributed by atoms with Crippen LogP contribution >= 0.6 is 0 Å². The summed E-state index contributed by atoms with van der Waals surface area (Å²) in [6.07, 6.45) is 2.37. The first-order chi connectivity index (χ1) is 10.3. The minimum atomic E-state index is -0.214. The van der Waals surface area contributed by atoms with E-state index in [2.05, 4.69) is 34.4 Å². The molecule has 1 rings (SSSR count). The molecule has 0 saturated heterocycles. The Morgan fingerprint density at radius 2 is 2.09 bits per heavy atom. The molecule has 0 radical (unpaired) electrons. The third-order valence-corrected chi connectivity index (χ3v) is 3.93. The fourth-order valence-corrected chi connectivity index (χ4v) is 1.77. The Morgan fingerprint density at radius 1 is 1.36 bits per heavy atom. The van der Waals surface area contributed by atoms with Crippen LogP contribution in [0.2, 0.25) is 0 Å². The molecule has 1 aromatic rings. The summed E-state index contributed by atoms with van der Waals surface area (Å²) >= 11 is 0. The van der Waals surface area contributed by atoms with Gasteiger partial charge in [0.05, 0.1) is 0 Å². The highest BCUT2D eigenvalue weighted by molar-refractivity contribution is 5.73. The van der Waals surface area contributed by atoms with Crippen LogP contribution in [0.4, 0.5) is 4.79 Å². The number of aromatic nitrogens is 1. The van der Waals surface area contributed by atoms with Crippen molar-refractivity contribution in [3.05, 3.63) is 30.1 Å². The van der Waals surface area contributed by atoms with E-state index in [1.54, 1.807) is 6.20 Å². The van der Waals surface area contributed by atoms with Crippen LogP contribution in [0.1, 0.15) is 19.5 Å². The average Bonchev–Trinajstić information content (AvgIpc) is 2.50. The SMILES string of the molecule is CN(C)C(C)(C)CNC(=O)NCC(CO)Cc1ccccn1. The van der Waals surface area contributed by atoms with Gasteiger partial charge in [-0.25, -0.2) is 4.79 Å². The first kappa shape index (κ1) is 18.4. The molecule has 6 heteroatoms. The third-order valence-electron chi connectivity index (χ3n) is 3.93. The van der Waals surface area contributed by atoms with Crippen molar-refractivity contribution in [2.75, 3.05) is 33.8 Å². The number of carbonyl (C=O) groups excluding carboxylic acids is 1. The lowest BCUT2D eigenvalue weighted by Crippen LogP contribution is -2.50. The Hall–Kier alpha value is -1.66. The fourth-order valence-electron chi connectivity index (χ4n) is 1.77. The smallest absolute Gasteiger partial charge is 0.314 e. The van der Waals surface area contributed by atoms with Gasteiger partial charge in [0.1, 0.15) is 0 Å². The lowest BCUT2D eigenvalue weighted by atomic mass is 10.0. The minimum Gasteiger partial charge on any atom is -0.396 e. The summed E-state index contributed by atoms with van der Waals surface area (Å²) in [5, 5.41) is 15.1. The third kappa shape index (κ3) is 6.41. The predicted molar refractivity (Wildman–Crippen MR) is 87.7 cm³/mol. The lowest BCUT2D eigenvalue weighted by Gasteiger charge is -2.32. The Kier molecular flexibility index (Phi) is 7.27. The second-order valence-electron chi connectivity index (χ2n) is 6.34. The zero-order valence-electron chi connectivity index (χ0n) is 14.0. The van der Waals surface area contributed by atoms with E-state index in [4.69, 9.17) is 0 Å². The van der Waals surface area contributed by atoms with Crippen LogP contribution in [0.5, 0.6) is 0 Å². The highest BCUT2D eigenvalue weighted by Crippen LogP contribution is 2.08. The Balaban J connectivity index is 2.35. The van der Waals surface area contributed by atoms with Crippen LogP contribution in [0.3, 0.4) is 0 Å². The maximum Gasteiger partial charge on any atom is 0.314 e. The molecule has 22 heavy (non-hydrogen) atoms. The van der Waals surface area contributed by atoms with Crippen molar-refractivity contribution in [2.24, 2.45) is 5.92 Å². The molecule has 1 heterocycles.